The first-order valence-electron chi connectivity index (χ1n) is 6.00. The maximum absolute atomic E-state index is 11.7. The molecule has 1 N–H and O–H groups in total. The SMILES string of the molecule is COc1ccccc1CC(C)NS(=O)(=O)C(C)C. The lowest BCUT2D eigenvalue weighted by atomic mass is 10.1. The molecule has 5 heteroatoms. The van der Waals surface area contributed by atoms with Crippen molar-refractivity contribution in [2.45, 2.75) is 38.5 Å². The van der Waals surface area contributed by atoms with Crippen molar-refractivity contribution in [1.29, 1.82) is 0 Å². The van der Waals surface area contributed by atoms with Gasteiger partial charge in [-0.15, -0.1) is 0 Å². The minimum atomic E-state index is -3.23. The fourth-order valence-corrected chi connectivity index (χ4v) is 2.58. The van der Waals surface area contributed by atoms with E-state index in [1.807, 2.05) is 31.2 Å². The van der Waals surface area contributed by atoms with Crippen LogP contribution in [0.1, 0.15) is 26.3 Å². The molecule has 0 aliphatic rings. The normalized spacial score (nSPS) is 13.6. The molecule has 0 radical (unpaired) electrons. The summed E-state index contributed by atoms with van der Waals surface area (Å²) >= 11 is 0. The van der Waals surface area contributed by atoms with Crippen LogP contribution in [0.5, 0.6) is 5.75 Å². The van der Waals surface area contributed by atoms with E-state index in [1.165, 1.54) is 0 Å². The number of hydrogen-bond acceptors (Lipinski definition) is 3. The molecule has 0 saturated heterocycles. The van der Waals surface area contributed by atoms with Crippen LogP contribution < -0.4 is 9.46 Å². The number of ether oxygens (including phenoxy) is 1. The zero-order valence-electron chi connectivity index (χ0n) is 11.3. The Hall–Kier alpha value is -1.07. The minimum Gasteiger partial charge on any atom is -0.496 e. The van der Waals surface area contributed by atoms with Gasteiger partial charge < -0.3 is 4.74 Å². The second kappa shape index (κ2) is 6.20. The van der Waals surface area contributed by atoms with Gasteiger partial charge in [-0.2, -0.15) is 0 Å². The van der Waals surface area contributed by atoms with E-state index < -0.39 is 15.3 Å². The summed E-state index contributed by atoms with van der Waals surface area (Å²) in [7, 11) is -1.62. The molecule has 0 spiro atoms. The van der Waals surface area contributed by atoms with E-state index in [0.717, 1.165) is 11.3 Å². The standard InChI is InChI=1S/C13H21NO3S/c1-10(2)18(15,16)14-11(3)9-12-7-5-6-8-13(12)17-4/h5-8,10-11,14H,9H2,1-4H3. The fraction of sp³-hybridized carbons (Fsp3) is 0.538. The molecule has 0 aliphatic carbocycles. The lowest BCUT2D eigenvalue weighted by Crippen LogP contribution is -2.38. The first kappa shape index (κ1) is 15.0. The van der Waals surface area contributed by atoms with E-state index in [0.29, 0.717) is 6.42 Å². The highest BCUT2D eigenvalue weighted by Gasteiger charge is 2.19. The molecule has 0 bridgehead atoms. The Labute approximate surface area is 109 Å². The van der Waals surface area contributed by atoms with Crippen molar-refractivity contribution < 1.29 is 13.2 Å². The summed E-state index contributed by atoms with van der Waals surface area (Å²) in [5.41, 5.74) is 0.999. The Bertz CT molecular complexity index is 483. The third-order valence-corrected chi connectivity index (χ3v) is 4.68. The quantitative estimate of drug-likeness (QED) is 0.860. The molecular weight excluding hydrogens is 250 g/mol. The molecule has 1 aromatic rings. The van der Waals surface area contributed by atoms with Crippen molar-refractivity contribution in [3.8, 4) is 5.75 Å². The van der Waals surface area contributed by atoms with Crippen molar-refractivity contribution in [3.05, 3.63) is 29.8 Å². The average Bonchev–Trinajstić information content (AvgIpc) is 2.28. The van der Waals surface area contributed by atoms with E-state index in [1.54, 1.807) is 21.0 Å². The summed E-state index contributed by atoms with van der Waals surface area (Å²) in [6.07, 6.45) is 0.607. The number of rotatable bonds is 6. The second-order valence-electron chi connectivity index (χ2n) is 4.63. The van der Waals surface area contributed by atoms with E-state index in [4.69, 9.17) is 4.74 Å². The largest absolute Gasteiger partial charge is 0.496 e. The molecule has 0 saturated carbocycles. The van der Waals surface area contributed by atoms with Crippen LogP contribution in [0.15, 0.2) is 24.3 Å². The first-order valence-corrected chi connectivity index (χ1v) is 7.54. The van der Waals surface area contributed by atoms with Crippen LogP contribution in [0, 0.1) is 0 Å². The van der Waals surface area contributed by atoms with Crippen LogP contribution in [0.2, 0.25) is 0 Å². The highest BCUT2D eigenvalue weighted by atomic mass is 32.2. The number of para-hydroxylation sites is 1. The van der Waals surface area contributed by atoms with Crippen LogP contribution >= 0.6 is 0 Å². The van der Waals surface area contributed by atoms with Crippen molar-refractivity contribution in [3.63, 3.8) is 0 Å². The van der Waals surface area contributed by atoms with Crippen LogP contribution in [-0.2, 0) is 16.4 Å². The van der Waals surface area contributed by atoms with Gasteiger partial charge in [0.05, 0.1) is 12.4 Å². The summed E-state index contributed by atoms with van der Waals surface area (Å²) < 4.78 is 31.4. The van der Waals surface area contributed by atoms with Crippen molar-refractivity contribution in [2.75, 3.05) is 7.11 Å². The van der Waals surface area contributed by atoms with E-state index in [9.17, 15) is 8.42 Å². The molecule has 102 valence electrons. The Morgan fingerprint density at radius 3 is 2.39 bits per heavy atom. The lowest BCUT2D eigenvalue weighted by Gasteiger charge is -2.17. The molecule has 1 rings (SSSR count). The highest BCUT2D eigenvalue weighted by molar-refractivity contribution is 7.90. The Morgan fingerprint density at radius 1 is 1.22 bits per heavy atom. The van der Waals surface area contributed by atoms with Gasteiger partial charge in [0.25, 0.3) is 0 Å². The molecule has 0 aromatic heterocycles. The number of nitrogens with one attached hydrogen (secondary N) is 1. The van der Waals surface area contributed by atoms with E-state index >= 15 is 0 Å². The molecule has 1 atom stereocenters. The molecule has 18 heavy (non-hydrogen) atoms. The van der Waals surface area contributed by atoms with Gasteiger partial charge in [-0.25, -0.2) is 13.1 Å². The van der Waals surface area contributed by atoms with Crippen LogP contribution in [0.25, 0.3) is 0 Å². The van der Waals surface area contributed by atoms with E-state index in [-0.39, 0.29) is 6.04 Å². The third-order valence-electron chi connectivity index (χ3n) is 2.70. The average molecular weight is 271 g/mol. The summed E-state index contributed by atoms with van der Waals surface area (Å²) in [6.45, 7) is 5.18. The molecular formula is C13H21NO3S. The molecule has 1 aromatic carbocycles. The van der Waals surface area contributed by atoms with Crippen LogP contribution in [0.3, 0.4) is 0 Å². The minimum absolute atomic E-state index is 0.159. The number of benzene rings is 1. The Kier molecular flexibility index (Phi) is 5.16. The van der Waals surface area contributed by atoms with Crippen LogP contribution in [-0.4, -0.2) is 26.8 Å². The predicted octanol–water partition coefficient (Wildman–Crippen LogP) is 1.95. The van der Waals surface area contributed by atoms with Crippen molar-refractivity contribution in [1.82, 2.24) is 4.72 Å². The Balaban J connectivity index is 2.74. The molecule has 0 fully saturated rings. The maximum atomic E-state index is 11.7. The molecule has 0 heterocycles. The zero-order chi connectivity index (χ0) is 13.8. The van der Waals surface area contributed by atoms with Gasteiger partial charge in [0.1, 0.15) is 5.75 Å². The lowest BCUT2D eigenvalue weighted by molar-refractivity contribution is 0.407. The monoisotopic (exact) mass is 271 g/mol. The van der Waals surface area contributed by atoms with Gasteiger partial charge >= 0.3 is 0 Å². The van der Waals surface area contributed by atoms with Gasteiger partial charge in [0, 0.05) is 6.04 Å². The summed E-state index contributed by atoms with van der Waals surface area (Å²) in [5.74, 6) is 0.785. The summed E-state index contributed by atoms with van der Waals surface area (Å²) in [4.78, 5) is 0. The van der Waals surface area contributed by atoms with Gasteiger partial charge in [-0.1, -0.05) is 18.2 Å². The van der Waals surface area contributed by atoms with Crippen LogP contribution in [0.4, 0.5) is 0 Å². The first-order chi connectivity index (χ1) is 8.36. The number of sulfonamides is 1. The summed E-state index contributed by atoms with van der Waals surface area (Å²) in [6, 6.07) is 7.47. The molecule has 0 amide bonds. The smallest absolute Gasteiger partial charge is 0.214 e. The molecule has 0 aliphatic heterocycles. The second-order valence-corrected chi connectivity index (χ2v) is 6.90. The molecule has 1 unspecified atom stereocenters. The number of methoxy groups -OCH3 is 1. The van der Waals surface area contributed by atoms with Gasteiger partial charge in [0.2, 0.25) is 10.0 Å². The van der Waals surface area contributed by atoms with Gasteiger partial charge in [-0.3, -0.25) is 0 Å². The fourth-order valence-electron chi connectivity index (χ4n) is 1.66. The third kappa shape index (κ3) is 3.99. The van der Waals surface area contributed by atoms with E-state index in [2.05, 4.69) is 4.72 Å². The van der Waals surface area contributed by atoms with Gasteiger partial charge in [-0.05, 0) is 38.8 Å². The van der Waals surface area contributed by atoms with Crippen molar-refractivity contribution >= 4 is 10.0 Å². The maximum Gasteiger partial charge on any atom is 0.214 e. The summed E-state index contributed by atoms with van der Waals surface area (Å²) in [5, 5.41) is -0.419. The van der Waals surface area contributed by atoms with Crippen molar-refractivity contribution in [2.24, 2.45) is 0 Å². The zero-order valence-corrected chi connectivity index (χ0v) is 12.1. The predicted molar refractivity (Wildman–Crippen MR) is 73.4 cm³/mol. The molecule has 4 nitrogen and oxygen atoms in total. The number of hydrogen-bond donors (Lipinski definition) is 1. The topological polar surface area (TPSA) is 55.4 Å². The Morgan fingerprint density at radius 2 is 1.83 bits per heavy atom. The van der Waals surface area contributed by atoms with Gasteiger partial charge in [0.15, 0.2) is 0 Å². The highest BCUT2D eigenvalue weighted by Crippen LogP contribution is 2.19.